The molecule has 0 aromatic carbocycles. The zero-order chi connectivity index (χ0) is 25.4. The first kappa shape index (κ1) is 25.4. The van der Waals surface area contributed by atoms with Crippen LogP contribution in [-0.4, -0.2) is 64.4 Å². The lowest BCUT2D eigenvalue weighted by molar-refractivity contribution is -0.134. The molecule has 186 valence electrons. The Hall–Kier alpha value is -2.73. The zero-order valence-corrected chi connectivity index (χ0v) is 21.9. The predicted molar refractivity (Wildman–Crippen MR) is 136 cm³/mol. The third-order valence-corrected chi connectivity index (χ3v) is 7.96. The molecular formula is C23H25ClN4O5S2. The van der Waals surface area contributed by atoms with Crippen LogP contribution in [-0.2, 0) is 26.1 Å². The van der Waals surface area contributed by atoms with Gasteiger partial charge in [0, 0.05) is 46.8 Å². The van der Waals surface area contributed by atoms with Crippen LogP contribution in [0.25, 0.3) is 17.0 Å². The van der Waals surface area contributed by atoms with Gasteiger partial charge in [-0.05, 0) is 51.1 Å². The molecule has 1 amide bonds. The van der Waals surface area contributed by atoms with Crippen molar-refractivity contribution in [2.24, 2.45) is 0 Å². The number of ether oxygens (including phenoxy) is 1. The maximum Gasteiger partial charge on any atom is 0.419 e. The minimum absolute atomic E-state index is 0.129. The van der Waals surface area contributed by atoms with Crippen molar-refractivity contribution in [2.75, 3.05) is 19.6 Å². The van der Waals surface area contributed by atoms with E-state index >= 15 is 0 Å². The summed E-state index contributed by atoms with van der Waals surface area (Å²) in [4.78, 5) is 32.2. The van der Waals surface area contributed by atoms with Gasteiger partial charge in [0.05, 0.1) is 22.9 Å². The van der Waals surface area contributed by atoms with E-state index in [0.29, 0.717) is 20.4 Å². The van der Waals surface area contributed by atoms with Crippen molar-refractivity contribution in [3.8, 4) is 0 Å². The lowest BCUT2D eigenvalue weighted by Gasteiger charge is -2.33. The van der Waals surface area contributed by atoms with Gasteiger partial charge in [0.25, 0.3) is 0 Å². The van der Waals surface area contributed by atoms with Crippen molar-refractivity contribution in [1.29, 1.82) is 0 Å². The molecule has 0 N–H and O–H groups in total. The molecule has 3 aromatic heterocycles. The van der Waals surface area contributed by atoms with Crippen LogP contribution < -0.4 is 0 Å². The molecule has 4 rings (SSSR count). The zero-order valence-electron chi connectivity index (χ0n) is 19.5. The van der Waals surface area contributed by atoms with Crippen molar-refractivity contribution in [1.82, 2.24) is 18.8 Å². The molecule has 12 heteroatoms. The number of fused-ring (bicyclic) bond motifs is 1. The molecule has 0 saturated carbocycles. The number of nitrogens with zero attached hydrogens (tertiary/aromatic N) is 4. The van der Waals surface area contributed by atoms with Gasteiger partial charge in [0.15, 0.2) is 0 Å². The molecule has 9 nitrogen and oxygen atoms in total. The van der Waals surface area contributed by atoms with Crippen molar-refractivity contribution < 1.29 is 22.7 Å². The average molecular weight is 537 g/mol. The molecule has 0 aliphatic carbocycles. The summed E-state index contributed by atoms with van der Waals surface area (Å²) in [6.07, 6.45) is 4.13. The molecule has 1 fully saturated rings. The van der Waals surface area contributed by atoms with Gasteiger partial charge in [0.1, 0.15) is 5.60 Å². The first-order chi connectivity index (χ1) is 16.4. The second-order valence-corrected chi connectivity index (χ2v) is 12.6. The summed E-state index contributed by atoms with van der Waals surface area (Å²) in [6, 6.07) is 6.91. The Morgan fingerprint density at radius 1 is 1.26 bits per heavy atom. The highest BCUT2D eigenvalue weighted by Crippen LogP contribution is 2.25. The molecule has 4 heterocycles. The van der Waals surface area contributed by atoms with E-state index in [1.165, 1.54) is 26.9 Å². The highest BCUT2D eigenvalue weighted by atomic mass is 35.5. The van der Waals surface area contributed by atoms with E-state index in [1.54, 1.807) is 57.4 Å². The Labute approximate surface area is 212 Å². The fourth-order valence-corrected chi connectivity index (χ4v) is 5.84. The SMILES string of the molecule is CC(C)(C)OC(=O)n1c(CN2CCN(S(=O)(=O)/C=C/c3ccc(Cl)s3)CC2=O)cc2cnccc21. The number of sulfonamides is 1. The van der Waals surface area contributed by atoms with Crippen LogP contribution in [0, 0.1) is 0 Å². The fourth-order valence-electron chi connectivity index (χ4n) is 3.68. The Morgan fingerprint density at radius 2 is 2.03 bits per heavy atom. The Balaban J connectivity index is 1.51. The second-order valence-electron chi connectivity index (χ2n) is 9.02. The van der Waals surface area contributed by atoms with Gasteiger partial charge in [-0.2, -0.15) is 4.31 Å². The van der Waals surface area contributed by atoms with Crippen molar-refractivity contribution >= 4 is 61.9 Å². The monoisotopic (exact) mass is 536 g/mol. The van der Waals surface area contributed by atoms with Gasteiger partial charge in [-0.15, -0.1) is 11.3 Å². The molecule has 0 atom stereocenters. The first-order valence-corrected chi connectivity index (χ1v) is 13.5. The Kier molecular flexibility index (Phi) is 7.05. The highest BCUT2D eigenvalue weighted by Gasteiger charge is 2.32. The normalized spacial score (nSPS) is 15.9. The van der Waals surface area contributed by atoms with Crippen LogP contribution in [0.1, 0.15) is 31.3 Å². The number of hydrogen-bond donors (Lipinski definition) is 0. The lowest BCUT2D eigenvalue weighted by atomic mass is 10.2. The number of amides is 1. The molecular weight excluding hydrogens is 512 g/mol. The largest absolute Gasteiger partial charge is 0.443 e. The van der Waals surface area contributed by atoms with E-state index in [0.717, 1.165) is 15.1 Å². The minimum Gasteiger partial charge on any atom is -0.443 e. The summed E-state index contributed by atoms with van der Waals surface area (Å²) in [5.41, 5.74) is 0.480. The highest BCUT2D eigenvalue weighted by molar-refractivity contribution is 7.92. The third kappa shape index (κ3) is 5.92. The number of piperazine rings is 1. The molecule has 0 bridgehead atoms. The second kappa shape index (κ2) is 9.73. The van der Waals surface area contributed by atoms with Gasteiger partial charge >= 0.3 is 6.09 Å². The number of rotatable bonds is 5. The van der Waals surface area contributed by atoms with Crippen LogP contribution in [0.5, 0.6) is 0 Å². The van der Waals surface area contributed by atoms with Gasteiger partial charge in [-0.25, -0.2) is 17.8 Å². The van der Waals surface area contributed by atoms with Crippen LogP contribution in [0.4, 0.5) is 4.79 Å². The molecule has 0 unspecified atom stereocenters. The van der Waals surface area contributed by atoms with Gasteiger partial charge < -0.3 is 9.64 Å². The Bertz CT molecular complexity index is 1400. The quantitative estimate of drug-likeness (QED) is 0.485. The summed E-state index contributed by atoms with van der Waals surface area (Å²) in [7, 11) is -3.78. The van der Waals surface area contributed by atoms with Crippen LogP contribution in [0.2, 0.25) is 4.34 Å². The maximum absolute atomic E-state index is 13.0. The standard InChI is InChI=1S/C23H25ClN4O5S2/c1-23(2,3)33-22(30)28-17(12-16-13-25-8-6-19(16)28)14-26-9-10-27(15-21(26)29)35(31,32)11-7-18-4-5-20(24)34-18/h4-8,11-13H,9-10,14-15H2,1-3H3/b11-7+. The van der Waals surface area contributed by atoms with Crippen LogP contribution >= 0.6 is 22.9 Å². The van der Waals surface area contributed by atoms with E-state index in [1.807, 2.05) is 0 Å². The summed E-state index contributed by atoms with van der Waals surface area (Å²) in [5.74, 6) is -0.355. The fraction of sp³-hybridized carbons (Fsp3) is 0.348. The molecule has 35 heavy (non-hydrogen) atoms. The van der Waals surface area contributed by atoms with Crippen molar-refractivity contribution in [3.05, 3.63) is 57.0 Å². The number of thiophene rings is 1. The van der Waals surface area contributed by atoms with E-state index in [2.05, 4.69) is 4.98 Å². The maximum atomic E-state index is 13.0. The van der Waals surface area contributed by atoms with E-state index in [-0.39, 0.29) is 32.1 Å². The van der Waals surface area contributed by atoms with E-state index in [9.17, 15) is 18.0 Å². The van der Waals surface area contributed by atoms with Crippen molar-refractivity contribution in [3.63, 3.8) is 0 Å². The Morgan fingerprint density at radius 3 is 2.69 bits per heavy atom. The molecule has 0 spiro atoms. The predicted octanol–water partition coefficient (Wildman–Crippen LogP) is 4.18. The van der Waals surface area contributed by atoms with Gasteiger partial charge in [0.2, 0.25) is 15.9 Å². The molecule has 0 radical (unpaired) electrons. The number of pyridine rings is 1. The topological polar surface area (TPSA) is 102 Å². The third-order valence-electron chi connectivity index (χ3n) is 5.25. The van der Waals surface area contributed by atoms with Crippen LogP contribution in [0.15, 0.2) is 42.1 Å². The first-order valence-electron chi connectivity index (χ1n) is 10.8. The summed E-state index contributed by atoms with van der Waals surface area (Å²) in [5, 5.41) is 1.83. The van der Waals surface area contributed by atoms with Gasteiger partial charge in [-0.3, -0.25) is 9.78 Å². The average Bonchev–Trinajstić information content (AvgIpc) is 3.35. The minimum atomic E-state index is -3.78. The number of hydrogen-bond acceptors (Lipinski definition) is 7. The lowest BCUT2D eigenvalue weighted by Crippen LogP contribution is -2.51. The summed E-state index contributed by atoms with van der Waals surface area (Å²) < 4.78 is 34.2. The number of carbonyl (C=O) groups is 2. The molecule has 1 saturated heterocycles. The van der Waals surface area contributed by atoms with E-state index in [4.69, 9.17) is 16.3 Å². The summed E-state index contributed by atoms with van der Waals surface area (Å²) in [6.45, 7) is 5.51. The van der Waals surface area contributed by atoms with E-state index < -0.39 is 21.7 Å². The number of aromatic nitrogens is 2. The summed E-state index contributed by atoms with van der Waals surface area (Å²) >= 11 is 7.15. The number of halogens is 1. The van der Waals surface area contributed by atoms with Crippen molar-refractivity contribution in [2.45, 2.75) is 32.9 Å². The smallest absolute Gasteiger partial charge is 0.419 e. The molecule has 1 aliphatic heterocycles. The van der Waals surface area contributed by atoms with Crippen LogP contribution in [0.3, 0.4) is 0 Å². The molecule has 3 aromatic rings. The molecule has 1 aliphatic rings. The number of carbonyl (C=O) groups excluding carboxylic acids is 2. The van der Waals surface area contributed by atoms with Gasteiger partial charge in [-0.1, -0.05) is 11.6 Å².